The van der Waals surface area contributed by atoms with Crippen molar-refractivity contribution in [1.82, 2.24) is 4.90 Å². The van der Waals surface area contributed by atoms with Gasteiger partial charge >= 0.3 is 0 Å². The Morgan fingerprint density at radius 3 is 2.18 bits per heavy atom. The lowest BCUT2D eigenvalue weighted by Crippen LogP contribution is -2.28. The summed E-state index contributed by atoms with van der Waals surface area (Å²) in [5.41, 5.74) is 2.21. The first kappa shape index (κ1) is 18.2. The van der Waals surface area contributed by atoms with Crippen LogP contribution < -0.4 is 10.6 Å². The van der Waals surface area contributed by atoms with Crippen LogP contribution in [0.15, 0.2) is 18.2 Å². The number of hydrogen-bond acceptors (Lipinski definition) is 3. The summed E-state index contributed by atoms with van der Waals surface area (Å²) >= 11 is 0. The van der Waals surface area contributed by atoms with Crippen LogP contribution in [-0.2, 0) is 9.59 Å². The van der Waals surface area contributed by atoms with Crippen molar-refractivity contribution < 1.29 is 9.59 Å². The molecule has 0 bridgehead atoms. The summed E-state index contributed by atoms with van der Waals surface area (Å²) in [6, 6.07) is 5.59. The van der Waals surface area contributed by atoms with Crippen LogP contribution in [0.1, 0.15) is 32.8 Å². The Morgan fingerprint density at radius 2 is 1.64 bits per heavy atom. The van der Waals surface area contributed by atoms with Gasteiger partial charge in [0.2, 0.25) is 11.8 Å². The van der Waals surface area contributed by atoms with E-state index in [1.54, 1.807) is 4.90 Å². The second-order valence-electron chi connectivity index (χ2n) is 7.12. The highest BCUT2D eigenvalue weighted by Gasteiger charge is 2.17. The molecule has 2 N–H and O–H groups in total. The van der Waals surface area contributed by atoms with E-state index in [1.165, 1.54) is 0 Å². The van der Waals surface area contributed by atoms with Crippen molar-refractivity contribution in [2.45, 2.75) is 34.1 Å². The molecule has 22 heavy (non-hydrogen) atoms. The van der Waals surface area contributed by atoms with Crippen molar-refractivity contribution in [1.29, 1.82) is 0 Å². The van der Waals surface area contributed by atoms with Gasteiger partial charge in [-0.05, 0) is 44.1 Å². The highest BCUT2D eigenvalue weighted by atomic mass is 16.2. The predicted octanol–water partition coefficient (Wildman–Crippen LogP) is 2.87. The van der Waals surface area contributed by atoms with Crippen LogP contribution in [0.5, 0.6) is 0 Å². The molecule has 0 aliphatic carbocycles. The van der Waals surface area contributed by atoms with Gasteiger partial charge in [0.15, 0.2) is 0 Å². The van der Waals surface area contributed by atoms with Crippen LogP contribution in [0, 0.1) is 12.3 Å². The van der Waals surface area contributed by atoms with Crippen LogP contribution in [0.3, 0.4) is 0 Å². The summed E-state index contributed by atoms with van der Waals surface area (Å²) in [5.74, 6) is -0.165. The standard InChI is InChI=1S/C17H27N3O2/c1-12-7-8-13(18-16(22)11-20(5)6)14(9-12)19-15(21)10-17(2,3)4/h7-9H,10-11H2,1-6H3,(H,18,22)(H,19,21). The zero-order chi connectivity index (χ0) is 16.9. The van der Waals surface area contributed by atoms with Crippen molar-refractivity contribution in [3.63, 3.8) is 0 Å². The van der Waals surface area contributed by atoms with Gasteiger partial charge < -0.3 is 15.5 Å². The number of nitrogens with zero attached hydrogens (tertiary/aromatic N) is 1. The maximum Gasteiger partial charge on any atom is 0.238 e. The van der Waals surface area contributed by atoms with Crippen molar-refractivity contribution in [3.05, 3.63) is 23.8 Å². The topological polar surface area (TPSA) is 61.4 Å². The van der Waals surface area contributed by atoms with Crippen molar-refractivity contribution >= 4 is 23.2 Å². The Labute approximate surface area is 133 Å². The molecule has 0 atom stereocenters. The molecule has 0 saturated heterocycles. The third kappa shape index (κ3) is 6.72. The number of likely N-dealkylation sites (N-methyl/N-ethyl adjacent to an activating group) is 1. The number of nitrogens with one attached hydrogen (secondary N) is 2. The summed E-state index contributed by atoms with van der Waals surface area (Å²) in [7, 11) is 3.67. The monoisotopic (exact) mass is 305 g/mol. The largest absolute Gasteiger partial charge is 0.324 e. The molecule has 0 aliphatic rings. The van der Waals surface area contributed by atoms with Gasteiger partial charge in [0.1, 0.15) is 0 Å². The fraction of sp³-hybridized carbons (Fsp3) is 0.529. The van der Waals surface area contributed by atoms with Crippen LogP contribution in [0.25, 0.3) is 0 Å². The van der Waals surface area contributed by atoms with E-state index in [0.717, 1.165) is 5.56 Å². The van der Waals surface area contributed by atoms with Crippen LogP contribution >= 0.6 is 0 Å². The van der Waals surface area contributed by atoms with Crippen LogP contribution in [-0.4, -0.2) is 37.4 Å². The number of rotatable bonds is 5. The second kappa shape index (κ2) is 7.40. The normalized spacial score (nSPS) is 11.4. The number of aryl methyl sites for hydroxylation is 1. The average Bonchev–Trinajstić information content (AvgIpc) is 2.29. The molecular weight excluding hydrogens is 278 g/mol. The molecule has 0 fully saturated rings. The lowest BCUT2D eigenvalue weighted by Gasteiger charge is -2.19. The van der Waals surface area contributed by atoms with Gasteiger partial charge in [-0.3, -0.25) is 9.59 Å². The van der Waals surface area contributed by atoms with Crippen molar-refractivity contribution in [3.8, 4) is 0 Å². The van der Waals surface area contributed by atoms with Gasteiger partial charge in [-0.2, -0.15) is 0 Å². The Balaban J connectivity index is 2.87. The SMILES string of the molecule is Cc1ccc(NC(=O)CN(C)C)c(NC(=O)CC(C)(C)C)c1. The Morgan fingerprint density at radius 1 is 1.05 bits per heavy atom. The van der Waals surface area contributed by atoms with Crippen molar-refractivity contribution in [2.75, 3.05) is 31.3 Å². The highest BCUT2D eigenvalue weighted by Crippen LogP contribution is 2.25. The van der Waals surface area contributed by atoms with E-state index in [9.17, 15) is 9.59 Å². The van der Waals surface area contributed by atoms with Crippen LogP contribution in [0.4, 0.5) is 11.4 Å². The molecule has 0 aliphatic heterocycles. The Hall–Kier alpha value is -1.88. The van der Waals surface area contributed by atoms with Gasteiger partial charge in [0.25, 0.3) is 0 Å². The first-order valence-corrected chi connectivity index (χ1v) is 7.42. The second-order valence-corrected chi connectivity index (χ2v) is 7.12. The number of anilines is 2. The van der Waals surface area contributed by atoms with E-state index in [-0.39, 0.29) is 17.2 Å². The van der Waals surface area contributed by atoms with E-state index in [2.05, 4.69) is 10.6 Å². The molecule has 0 spiro atoms. The Bertz CT molecular complexity index is 545. The molecule has 0 radical (unpaired) electrons. The molecule has 1 rings (SSSR count). The number of carbonyl (C=O) groups is 2. The fourth-order valence-electron chi connectivity index (χ4n) is 2.02. The highest BCUT2D eigenvalue weighted by molar-refractivity contribution is 6.00. The van der Waals surface area contributed by atoms with Gasteiger partial charge in [-0.25, -0.2) is 0 Å². The third-order valence-electron chi connectivity index (χ3n) is 2.87. The van der Waals surface area contributed by atoms with E-state index in [1.807, 2.05) is 60.0 Å². The number of hydrogen-bond donors (Lipinski definition) is 2. The van der Waals surface area contributed by atoms with E-state index < -0.39 is 0 Å². The first-order chi connectivity index (χ1) is 10.1. The molecule has 0 unspecified atom stereocenters. The van der Waals surface area contributed by atoms with E-state index in [4.69, 9.17) is 0 Å². The van der Waals surface area contributed by atoms with E-state index >= 15 is 0 Å². The van der Waals surface area contributed by atoms with E-state index in [0.29, 0.717) is 24.3 Å². The molecule has 0 saturated carbocycles. The van der Waals surface area contributed by atoms with Gasteiger partial charge in [0, 0.05) is 6.42 Å². The summed E-state index contributed by atoms with van der Waals surface area (Å²) < 4.78 is 0. The smallest absolute Gasteiger partial charge is 0.238 e. The minimum atomic E-state index is -0.111. The summed E-state index contributed by atoms with van der Waals surface area (Å²) in [5, 5.41) is 5.74. The molecule has 0 heterocycles. The summed E-state index contributed by atoms with van der Waals surface area (Å²) in [6.45, 7) is 8.29. The summed E-state index contributed by atoms with van der Waals surface area (Å²) in [4.78, 5) is 25.8. The molecule has 5 nitrogen and oxygen atoms in total. The minimum absolute atomic E-state index is 0.0544. The molecule has 1 aromatic carbocycles. The average molecular weight is 305 g/mol. The molecule has 0 aromatic heterocycles. The van der Waals surface area contributed by atoms with Gasteiger partial charge in [-0.1, -0.05) is 26.8 Å². The van der Waals surface area contributed by atoms with Gasteiger partial charge in [-0.15, -0.1) is 0 Å². The van der Waals surface area contributed by atoms with Gasteiger partial charge in [0.05, 0.1) is 17.9 Å². The van der Waals surface area contributed by atoms with Crippen LogP contribution in [0.2, 0.25) is 0 Å². The maximum atomic E-state index is 12.1. The maximum absolute atomic E-state index is 12.1. The number of benzene rings is 1. The fourth-order valence-corrected chi connectivity index (χ4v) is 2.02. The lowest BCUT2D eigenvalue weighted by atomic mass is 9.92. The van der Waals surface area contributed by atoms with Crippen molar-refractivity contribution in [2.24, 2.45) is 5.41 Å². The predicted molar refractivity (Wildman–Crippen MR) is 91.1 cm³/mol. The number of carbonyl (C=O) groups excluding carboxylic acids is 2. The quantitative estimate of drug-likeness (QED) is 0.879. The summed E-state index contributed by atoms with van der Waals surface area (Å²) in [6.07, 6.45) is 0.423. The minimum Gasteiger partial charge on any atom is -0.324 e. The Kier molecular flexibility index (Phi) is 6.11. The number of amides is 2. The molecule has 122 valence electrons. The molecule has 1 aromatic rings. The lowest BCUT2D eigenvalue weighted by molar-refractivity contribution is -0.118. The molecule has 5 heteroatoms. The third-order valence-corrected chi connectivity index (χ3v) is 2.87. The first-order valence-electron chi connectivity index (χ1n) is 7.42. The molecular formula is C17H27N3O2. The zero-order valence-corrected chi connectivity index (χ0v) is 14.4. The zero-order valence-electron chi connectivity index (χ0n) is 14.4. The molecule has 2 amide bonds.